The molecule has 3 fully saturated rings. The van der Waals surface area contributed by atoms with Crippen molar-refractivity contribution < 1.29 is 4.79 Å². The van der Waals surface area contributed by atoms with Crippen LogP contribution < -0.4 is 5.32 Å². The van der Waals surface area contributed by atoms with Crippen LogP contribution in [0, 0.1) is 29.1 Å². The molecule has 2 aliphatic carbocycles. The zero-order valence-corrected chi connectivity index (χ0v) is 20.6. The summed E-state index contributed by atoms with van der Waals surface area (Å²) in [6, 6.07) is 8.21. The van der Waals surface area contributed by atoms with Crippen LogP contribution in [0.4, 0.5) is 0 Å². The number of piperidine rings is 1. The third kappa shape index (κ3) is 5.14. The van der Waals surface area contributed by atoms with E-state index in [2.05, 4.69) is 50.0 Å². The van der Waals surface area contributed by atoms with Crippen molar-refractivity contribution in [3.05, 3.63) is 34.9 Å². The molecule has 1 aromatic rings. The molecule has 1 heterocycles. The zero-order chi connectivity index (χ0) is 22.2. The molecule has 1 amide bonds. The highest BCUT2D eigenvalue weighted by molar-refractivity contribution is 6.30. The molecule has 1 N–H and O–H groups in total. The summed E-state index contributed by atoms with van der Waals surface area (Å²) in [5, 5.41) is 4.46. The van der Waals surface area contributed by atoms with E-state index in [1.54, 1.807) is 0 Å². The number of nitrogens with zero attached hydrogens (tertiary/aromatic N) is 1. The number of hydrogen-bond acceptors (Lipinski definition) is 2. The maximum absolute atomic E-state index is 13.5. The lowest BCUT2D eigenvalue weighted by Gasteiger charge is -2.46. The Labute approximate surface area is 194 Å². The number of benzene rings is 1. The van der Waals surface area contributed by atoms with Crippen molar-refractivity contribution in [2.75, 3.05) is 19.6 Å². The molecule has 2 saturated carbocycles. The Morgan fingerprint density at radius 3 is 2.48 bits per heavy atom. The van der Waals surface area contributed by atoms with Gasteiger partial charge in [-0.25, -0.2) is 0 Å². The van der Waals surface area contributed by atoms with Crippen LogP contribution in [0.5, 0.6) is 0 Å². The Kier molecular flexibility index (Phi) is 7.03. The van der Waals surface area contributed by atoms with E-state index in [1.807, 2.05) is 12.1 Å². The second kappa shape index (κ2) is 9.43. The zero-order valence-electron chi connectivity index (χ0n) is 19.9. The second-order valence-corrected chi connectivity index (χ2v) is 12.0. The highest BCUT2D eigenvalue weighted by atomic mass is 35.5. The van der Waals surface area contributed by atoms with Gasteiger partial charge in [0.15, 0.2) is 0 Å². The van der Waals surface area contributed by atoms with Crippen molar-refractivity contribution in [1.82, 2.24) is 10.2 Å². The molecule has 31 heavy (non-hydrogen) atoms. The molecule has 172 valence electrons. The first kappa shape index (κ1) is 23.1. The molecule has 4 heteroatoms. The standard InChI is InChI=1S/C27H41ClN2O/c1-18(2)25(29-13-11-22-16-19-5-6-21(22)15-19)26(31)30-14-12-24(27(3,4)17-30)20-7-9-23(28)10-8-20/h7-10,18-19,21-22,24-25,29H,5-6,11-17H2,1-4H3/t19-,21+,22?,24+,25+/m0/s1. The van der Waals surface area contributed by atoms with E-state index in [-0.39, 0.29) is 11.5 Å². The van der Waals surface area contributed by atoms with Gasteiger partial charge in [0.25, 0.3) is 0 Å². The lowest BCUT2D eigenvalue weighted by atomic mass is 9.70. The number of rotatable bonds is 7. The Morgan fingerprint density at radius 1 is 1.16 bits per heavy atom. The van der Waals surface area contributed by atoms with Gasteiger partial charge in [-0.2, -0.15) is 0 Å². The number of halogens is 1. The maximum atomic E-state index is 13.5. The van der Waals surface area contributed by atoms with E-state index in [4.69, 9.17) is 11.6 Å². The first-order valence-electron chi connectivity index (χ1n) is 12.5. The lowest BCUT2D eigenvalue weighted by Crippen LogP contribution is -2.55. The summed E-state index contributed by atoms with van der Waals surface area (Å²) in [4.78, 5) is 15.6. The summed E-state index contributed by atoms with van der Waals surface area (Å²) in [7, 11) is 0. The molecule has 0 radical (unpaired) electrons. The van der Waals surface area contributed by atoms with Crippen LogP contribution in [0.2, 0.25) is 5.02 Å². The molecular weight excluding hydrogens is 404 g/mol. The van der Waals surface area contributed by atoms with Crippen LogP contribution in [-0.4, -0.2) is 36.5 Å². The number of carbonyl (C=O) groups is 1. The fourth-order valence-corrected chi connectivity index (χ4v) is 6.94. The molecule has 3 aliphatic rings. The molecule has 1 unspecified atom stereocenters. The topological polar surface area (TPSA) is 32.3 Å². The van der Waals surface area contributed by atoms with Crippen molar-refractivity contribution in [1.29, 1.82) is 0 Å². The van der Waals surface area contributed by atoms with Gasteiger partial charge in [-0.1, -0.05) is 57.8 Å². The van der Waals surface area contributed by atoms with Gasteiger partial charge in [0.2, 0.25) is 5.91 Å². The number of nitrogens with one attached hydrogen (secondary N) is 1. The SMILES string of the molecule is CC(C)[C@@H](NCCC1C[C@H]2CC[C@@H]1C2)C(=O)N1CC[C@H](c2ccc(Cl)cc2)C(C)(C)C1. The third-order valence-corrected chi connectivity index (χ3v) is 8.76. The van der Waals surface area contributed by atoms with E-state index in [0.717, 1.165) is 48.8 Å². The first-order chi connectivity index (χ1) is 14.7. The number of fused-ring (bicyclic) bond motifs is 2. The van der Waals surface area contributed by atoms with Gasteiger partial charge in [-0.15, -0.1) is 0 Å². The van der Waals surface area contributed by atoms with E-state index >= 15 is 0 Å². The molecule has 3 nitrogen and oxygen atoms in total. The summed E-state index contributed by atoms with van der Waals surface area (Å²) >= 11 is 6.09. The van der Waals surface area contributed by atoms with Crippen LogP contribution in [0.15, 0.2) is 24.3 Å². The monoisotopic (exact) mass is 444 g/mol. The van der Waals surface area contributed by atoms with Crippen molar-refractivity contribution >= 4 is 17.5 Å². The van der Waals surface area contributed by atoms with Crippen molar-refractivity contribution in [2.45, 2.75) is 78.2 Å². The van der Waals surface area contributed by atoms with Gasteiger partial charge in [0.1, 0.15) is 0 Å². The number of amides is 1. The molecule has 5 atom stereocenters. The minimum atomic E-state index is -0.0681. The third-order valence-electron chi connectivity index (χ3n) is 8.51. The summed E-state index contributed by atoms with van der Waals surface area (Å²) in [5.74, 6) is 3.92. The molecule has 1 aromatic carbocycles. The summed E-state index contributed by atoms with van der Waals surface area (Å²) in [5.41, 5.74) is 1.39. The molecule has 4 rings (SSSR count). The van der Waals surface area contributed by atoms with Crippen LogP contribution in [0.25, 0.3) is 0 Å². The predicted molar refractivity (Wildman–Crippen MR) is 129 cm³/mol. The van der Waals surface area contributed by atoms with Crippen molar-refractivity contribution in [2.24, 2.45) is 29.1 Å². The smallest absolute Gasteiger partial charge is 0.239 e. The maximum Gasteiger partial charge on any atom is 0.239 e. The number of carbonyl (C=O) groups excluding carboxylic acids is 1. The van der Waals surface area contributed by atoms with Crippen molar-refractivity contribution in [3.63, 3.8) is 0 Å². The molecule has 0 aromatic heterocycles. The fourth-order valence-electron chi connectivity index (χ4n) is 6.82. The molecule has 0 spiro atoms. The normalized spacial score (nSPS) is 30.7. The van der Waals surface area contributed by atoms with Crippen LogP contribution in [0.3, 0.4) is 0 Å². The van der Waals surface area contributed by atoms with Crippen LogP contribution in [-0.2, 0) is 4.79 Å². The summed E-state index contributed by atoms with van der Waals surface area (Å²) < 4.78 is 0. The molecule has 2 bridgehead atoms. The lowest BCUT2D eigenvalue weighted by molar-refractivity contribution is -0.138. The van der Waals surface area contributed by atoms with E-state index in [1.165, 1.54) is 37.7 Å². The van der Waals surface area contributed by atoms with Gasteiger partial charge in [0.05, 0.1) is 6.04 Å². The average Bonchev–Trinajstić information content (AvgIpc) is 3.34. The van der Waals surface area contributed by atoms with Gasteiger partial charge < -0.3 is 10.2 Å². The highest BCUT2D eigenvalue weighted by Crippen LogP contribution is 2.49. The Morgan fingerprint density at radius 2 is 1.90 bits per heavy atom. The van der Waals surface area contributed by atoms with Gasteiger partial charge in [-0.05, 0) is 91.3 Å². The Hall–Kier alpha value is -1.06. The Bertz CT molecular complexity index is 759. The van der Waals surface area contributed by atoms with Crippen molar-refractivity contribution in [3.8, 4) is 0 Å². The Balaban J connectivity index is 1.33. The van der Waals surface area contributed by atoms with Crippen LogP contribution in [0.1, 0.15) is 77.7 Å². The number of likely N-dealkylation sites (tertiary alicyclic amines) is 1. The molecule has 1 aliphatic heterocycles. The summed E-state index contributed by atoms with van der Waals surface area (Å²) in [6.45, 7) is 11.6. The molecular formula is C27H41ClN2O. The van der Waals surface area contributed by atoms with E-state index in [0.29, 0.717) is 17.7 Å². The molecule has 1 saturated heterocycles. The first-order valence-corrected chi connectivity index (χ1v) is 12.9. The van der Waals surface area contributed by atoms with Gasteiger partial charge in [-0.3, -0.25) is 4.79 Å². The predicted octanol–water partition coefficient (Wildman–Crippen LogP) is 6.12. The van der Waals surface area contributed by atoms with E-state index in [9.17, 15) is 4.79 Å². The fraction of sp³-hybridized carbons (Fsp3) is 0.741. The average molecular weight is 445 g/mol. The van der Waals surface area contributed by atoms with E-state index < -0.39 is 0 Å². The minimum absolute atomic E-state index is 0.0480. The summed E-state index contributed by atoms with van der Waals surface area (Å²) in [6.07, 6.45) is 8.05. The number of hydrogen-bond donors (Lipinski definition) is 1. The van der Waals surface area contributed by atoms with Gasteiger partial charge >= 0.3 is 0 Å². The largest absolute Gasteiger partial charge is 0.341 e. The quantitative estimate of drug-likeness (QED) is 0.549. The van der Waals surface area contributed by atoms with Crippen LogP contribution >= 0.6 is 11.6 Å². The van der Waals surface area contributed by atoms with Gasteiger partial charge in [0, 0.05) is 18.1 Å². The minimum Gasteiger partial charge on any atom is -0.341 e. The highest BCUT2D eigenvalue weighted by Gasteiger charge is 2.41. The second-order valence-electron chi connectivity index (χ2n) is 11.5.